The van der Waals surface area contributed by atoms with Crippen molar-refractivity contribution >= 4 is 10.8 Å². The van der Waals surface area contributed by atoms with Crippen molar-refractivity contribution in [1.29, 1.82) is 0 Å². The Morgan fingerprint density at radius 2 is 1.59 bits per heavy atom. The molecule has 2 N–H and O–H groups in total. The van der Waals surface area contributed by atoms with E-state index in [1.54, 1.807) is 6.07 Å². The summed E-state index contributed by atoms with van der Waals surface area (Å²) >= 11 is 0. The van der Waals surface area contributed by atoms with Gasteiger partial charge in [-0.25, -0.2) is 0 Å². The number of para-hydroxylation sites is 1. The van der Waals surface area contributed by atoms with Gasteiger partial charge in [-0.15, -0.1) is 0 Å². The van der Waals surface area contributed by atoms with Gasteiger partial charge in [-0.2, -0.15) is 0 Å². The van der Waals surface area contributed by atoms with Crippen LogP contribution in [0.2, 0.25) is 0 Å². The topological polar surface area (TPSA) is 45.1 Å². The molecule has 0 aliphatic rings. The molecule has 0 saturated carbocycles. The molecule has 0 amide bonds. The summed E-state index contributed by atoms with van der Waals surface area (Å²) in [7, 11) is 0. The van der Waals surface area contributed by atoms with E-state index in [-0.39, 0.29) is 0 Å². The van der Waals surface area contributed by atoms with E-state index < -0.39 is 0 Å². The van der Waals surface area contributed by atoms with Crippen molar-refractivity contribution in [3.63, 3.8) is 0 Å². The minimum absolute atomic E-state index is 0.325. The molecule has 3 heteroatoms. The lowest BCUT2D eigenvalue weighted by Gasteiger charge is -2.13. The van der Waals surface area contributed by atoms with Crippen molar-refractivity contribution in [2.75, 3.05) is 0 Å². The first kappa shape index (κ1) is 17.3. The van der Waals surface area contributed by atoms with Crippen LogP contribution in [0, 0.1) is 6.92 Å². The molecule has 134 valence electrons. The SMILES string of the molecule is Cc1ccc(-c2ccc(CNCc3ccccc3O)c3cnccc23)cc1. The van der Waals surface area contributed by atoms with Gasteiger partial charge in [0.2, 0.25) is 0 Å². The maximum atomic E-state index is 9.91. The van der Waals surface area contributed by atoms with Gasteiger partial charge in [0.05, 0.1) is 0 Å². The first-order valence-corrected chi connectivity index (χ1v) is 9.12. The summed E-state index contributed by atoms with van der Waals surface area (Å²) in [5, 5.41) is 15.7. The van der Waals surface area contributed by atoms with Crippen molar-refractivity contribution in [3.8, 4) is 16.9 Å². The van der Waals surface area contributed by atoms with Gasteiger partial charge < -0.3 is 10.4 Å². The number of rotatable bonds is 5. The van der Waals surface area contributed by atoms with E-state index in [4.69, 9.17) is 0 Å². The van der Waals surface area contributed by atoms with Crippen molar-refractivity contribution in [3.05, 3.63) is 95.8 Å². The molecule has 0 radical (unpaired) electrons. The smallest absolute Gasteiger partial charge is 0.120 e. The number of fused-ring (bicyclic) bond motifs is 1. The third kappa shape index (κ3) is 3.69. The van der Waals surface area contributed by atoms with E-state index in [0.29, 0.717) is 18.8 Å². The average Bonchev–Trinajstić information content (AvgIpc) is 2.70. The van der Waals surface area contributed by atoms with Crippen molar-refractivity contribution in [1.82, 2.24) is 10.3 Å². The van der Waals surface area contributed by atoms with Crippen molar-refractivity contribution in [2.45, 2.75) is 20.0 Å². The van der Waals surface area contributed by atoms with E-state index in [9.17, 15) is 5.11 Å². The fraction of sp³-hybridized carbons (Fsp3) is 0.125. The molecule has 0 spiro atoms. The summed E-state index contributed by atoms with van der Waals surface area (Å²) < 4.78 is 0. The number of hydrogen-bond donors (Lipinski definition) is 2. The van der Waals surface area contributed by atoms with Crippen molar-refractivity contribution in [2.24, 2.45) is 0 Å². The zero-order chi connectivity index (χ0) is 18.6. The largest absolute Gasteiger partial charge is 0.508 e. The highest BCUT2D eigenvalue weighted by Gasteiger charge is 2.08. The molecule has 27 heavy (non-hydrogen) atoms. The maximum Gasteiger partial charge on any atom is 0.120 e. The zero-order valence-corrected chi connectivity index (χ0v) is 15.3. The molecule has 0 saturated heterocycles. The molecule has 0 aliphatic heterocycles. The van der Waals surface area contributed by atoms with Crippen LogP contribution in [0.25, 0.3) is 21.9 Å². The predicted octanol–water partition coefficient (Wildman–Crippen LogP) is 5.21. The Hall–Kier alpha value is -3.17. The summed E-state index contributed by atoms with van der Waals surface area (Å²) in [5.41, 5.74) is 5.79. The van der Waals surface area contributed by atoms with E-state index in [1.807, 2.05) is 30.6 Å². The number of aromatic nitrogens is 1. The number of pyridine rings is 1. The van der Waals surface area contributed by atoms with Gasteiger partial charge in [-0.3, -0.25) is 4.98 Å². The van der Waals surface area contributed by atoms with E-state index in [2.05, 4.69) is 59.7 Å². The van der Waals surface area contributed by atoms with Gasteiger partial charge in [0, 0.05) is 36.4 Å². The second-order valence-electron chi connectivity index (χ2n) is 6.79. The number of aryl methyl sites for hydroxylation is 1. The molecule has 0 bridgehead atoms. The van der Waals surface area contributed by atoms with Crippen LogP contribution in [0.15, 0.2) is 79.1 Å². The van der Waals surface area contributed by atoms with Gasteiger partial charge in [0.25, 0.3) is 0 Å². The normalized spacial score (nSPS) is 11.0. The third-order valence-electron chi connectivity index (χ3n) is 4.89. The minimum Gasteiger partial charge on any atom is -0.508 e. The fourth-order valence-electron chi connectivity index (χ4n) is 3.38. The lowest BCUT2D eigenvalue weighted by atomic mass is 9.96. The molecule has 1 aromatic heterocycles. The van der Waals surface area contributed by atoms with E-state index >= 15 is 0 Å². The molecule has 1 heterocycles. The monoisotopic (exact) mass is 354 g/mol. The Kier molecular flexibility index (Phi) is 4.86. The second-order valence-corrected chi connectivity index (χ2v) is 6.79. The molecule has 0 fully saturated rings. The zero-order valence-electron chi connectivity index (χ0n) is 15.3. The number of aromatic hydroxyl groups is 1. The molecule has 0 unspecified atom stereocenters. The number of phenolic OH excluding ortho intramolecular Hbond substituents is 1. The quantitative estimate of drug-likeness (QED) is 0.517. The highest BCUT2D eigenvalue weighted by molar-refractivity contribution is 5.98. The highest BCUT2D eigenvalue weighted by Crippen LogP contribution is 2.30. The van der Waals surface area contributed by atoms with Crippen LogP contribution in [0.3, 0.4) is 0 Å². The molecule has 3 nitrogen and oxygen atoms in total. The molecule has 0 aliphatic carbocycles. The van der Waals surface area contributed by atoms with Gasteiger partial charge in [0.15, 0.2) is 0 Å². The average molecular weight is 354 g/mol. The second kappa shape index (κ2) is 7.60. The summed E-state index contributed by atoms with van der Waals surface area (Å²) in [4.78, 5) is 4.34. The van der Waals surface area contributed by atoms with Crippen LogP contribution in [0.5, 0.6) is 5.75 Å². The molecule has 4 rings (SSSR count). The standard InChI is InChI=1S/C24H22N2O/c1-17-6-8-18(9-7-17)21-11-10-19(23-16-25-13-12-22(21)23)14-26-15-20-4-2-3-5-24(20)27/h2-13,16,26-27H,14-15H2,1H3. The van der Waals surface area contributed by atoms with Gasteiger partial charge >= 0.3 is 0 Å². The Labute approximate surface area is 159 Å². The summed E-state index contributed by atoms with van der Waals surface area (Å²) in [6, 6.07) is 22.5. The molecule has 3 aromatic carbocycles. The van der Waals surface area contributed by atoms with Crippen LogP contribution in [-0.2, 0) is 13.1 Å². The van der Waals surface area contributed by atoms with Crippen LogP contribution in [-0.4, -0.2) is 10.1 Å². The number of nitrogens with one attached hydrogen (secondary N) is 1. The third-order valence-corrected chi connectivity index (χ3v) is 4.89. The summed E-state index contributed by atoms with van der Waals surface area (Å²) in [5.74, 6) is 0.325. The molecule has 0 atom stereocenters. The van der Waals surface area contributed by atoms with Gasteiger partial charge in [-0.05, 0) is 41.1 Å². The lowest BCUT2D eigenvalue weighted by molar-refractivity contribution is 0.464. The number of nitrogens with zero attached hydrogens (tertiary/aromatic N) is 1. The number of benzene rings is 3. The first-order chi connectivity index (χ1) is 13.2. The predicted molar refractivity (Wildman–Crippen MR) is 111 cm³/mol. The first-order valence-electron chi connectivity index (χ1n) is 9.12. The molecular weight excluding hydrogens is 332 g/mol. The van der Waals surface area contributed by atoms with Crippen LogP contribution < -0.4 is 5.32 Å². The Morgan fingerprint density at radius 3 is 2.41 bits per heavy atom. The Morgan fingerprint density at radius 1 is 0.815 bits per heavy atom. The van der Waals surface area contributed by atoms with Crippen LogP contribution in [0.4, 0.5) is 0 Å². The Balaban J connectivity index is 1.62. The summed E-state index contributed by atoms with van der Waals surface area (Å²) in [6.45, 7) is 3.43. The van der Waals surface area contributed by atoms with Crippen molar-refractivity contribution < 1.29 is 5.11 Å². The van der Waals surface area contributed by atoms with Gasteiger partial charge in [0.1, 0.15) is 5.75 Å². The minimum atomic E-state index is 0.325. The molecule has 4 aromatic rings. The summed E-state index contributed by atoms with van der Waals surface area (Å²) in [6.07, 6.45) is 3.78. The maximum absolute atomic E-state index is 9.91. The van der Waals surface area contributed by atoms with E-state index in [1.165, 1.54) is 27.6 Å². The highest BCUT2D eigenvalue weighted by atomic mass is 16.3. The van der Waals surface area contributed by atoms with E-state index in [0.717, 1.165) is 10.9 Å². The number of hydrogen-bond acceptors (Lipinski definition) is 3. The van der Waals surface area contributed by atoms with Gasteiger partial charge in [-0.1, -0.05) is 60.2 Å². The number of phenols is 1. The van der Waals surface area contributed by atoms with Crippen LogP contribution >= 0.6 is 0 Å². The fourth-order valence-corrected chi connectivity index (χ4v) is 3.38. The lowest BCUT2D eigenvalue weighted by Crippen LogP contribution is -2.13. The molecular formula is C24H22N2O. The van der Waals surface area contributed by atoms with Crippen LogP contribution in [0.1, 0.15) is 16.7 Å². The Bertz CT molecular complexity index is 1070.